The highest BCUT2D eigenvalue weighted by Gasteiger charge is 2.20. The van der Waals surface area contributed by atoms with E-state index in [9.17, 15) is 13.2 Å². The summed E-state index contributed by atoms with van der Waals surface area (Å²) in [7, 11) is -3.64. The predicted molar refractivity (Wildman–Crippen MR) is 87.2 cm³/mol. The van der Waals surface area contributed by atoms with Gasteiger partial charge >= 0.3 is 0 Å². The van der Waals surface area contributed by atoms with E-state index >= 15 is 0 Å². The average Bonchev–Trinajstić information content (AvgIpc) is 2.99. The third-order valence-electron chi connectivity index (χ3n) is 3.04. The number of benzene rings is 1. The average molecular weight is 357 g/mol. The molecule has 2 aromatic rings. The zero-order chi connectivity index (χ0) is 16.9. The van der Waals surface area contributed by atoms with Crippen LogP contribution in [0, 0.1) is 0 Å². The van der Waals surface area contributed by atoms with Crippen LogP contribution in [0.1, 0.15) is 18.2 Å². The Kier molecular flexibility index (Phi) is 5.81. The second-order valence-corrected chi connectivity index (χ2v) is 7.21. The first-order valence-corrected chi connectivity index (χ1v) is 8.93. The number of hydrogen-bond acceptors (Lipinski definition) is 4. The Bertz CT molecular complexity index is 742. The van der Waals surface area contributed by atoms with Crippen LogP contribution in [0.3, 0.4) is 0 Å². The van der Waals surface area contributed by atoms with Crippen LogP contribution in [0.4, 0.5) is 0 Å². The third kappa shape index (κ3) is 5.70. The van der Waals surface area contributed by atoms with E-state index in [-0.39, 0.29) is 12.3 Å². The largest absolute Gasteiger partial charge is 0.467 e. The number of hydrogen-bond donors (Lipinski definition) is 2. The summed E-state index contributed by atoms with van der Waals surface area (Å²) in [6, 6.07) is 9.03. The lowest BCUT2D eigenvalue weighted by Crippen LogP contribution is -2.44. The molecule has 0 fully saturated rings. The summed E-state index contributed by atoms with van der Waals surface area (Å²) in [6.45, 7) is 1.69. The van der Waals surface area contributed by atoms with Gasteiger partial charge in [-0.2, -0.15) is 0 Å². The van der Waals surface area contributed by atoms with E-state index in [0.29, 0.717) is 16.3 Å². The fourth-order valence-electron chi connectivity index (χ4n) is 1.91. The molecule has 2 rings (SSSR count). The number of rotatable bonds is 7. The van der Waals surface area contributed by atoms with Gasteiger partial charge in [0.05, 0.1) is 24.6 Å². The maximum absolute atomic E-state index is 12.1. The van der Waals surface area contributed by atoms with Crippen molar-refractivity contribution in [2.24, 2.45) is 0 Å². The van der Waals surface area contributed by atoms with E-state index in [4.69, 9.17) is 16.0 Å². The summed E-state index contributed by atoms with van der Waals surface area (Å²) in [5, 5.41) is 3.13. The topological polar surface area (TPSA) is 88.4 Å². The van der Waals surface area contributed by atoms with Crippen LogP contribution < -0.4 is 10.0 Å². The van der Waals surface area contributed by atoms with Crippen LogP contribution in [-0.2, 0) is 27.1 Å². The summed E-state index contributed by atoms with van der Waals surface area (Å²) in [4.78, 5) is 11.9. The molecule has 0 aliphatic carbocycles. The molecule has 1 atom stereocenters. The normalized spacial score (nSPS) is 12.8. The van der Waals surface area contributed by atoms with Crippen LogP contribution in [0.15, 0.2) is 47.1 Å². The van der Waals surface area contributed by atoms with Gasteiger partial charge in [0.25, 0.3) is 0 Å². The highest BCUT2D eigenvalue weighted by molar-refractivity contribution is 7.88. The van der Waals surface area contributed by atoms with Crippen LogP contribution in [-0.4, -0.2) is 20.4 Å². The van der Waals surface area contributed by atoms with Crippen molar-refractivity contribution >= 4 is 27.5 Å². The van der Waals surface area contributed by atoms with Crippen LogP contribution in [0.2, 0.25) is 5.02 Å². The minimum Gasteiger partial charge on any atom is -0.467 e. The lowest BCUT2D eigenvalue weighted by atomic mass is 10.2. The first-order chi connectivity index (χ1) is 10.9. The molecule has 1 heterocycles. The molecule has 0 saturated carbocycles. The van der Waals surface area contributed by atoms with E-state index in [2.05, 4.69) is 10.0 Å². The molecular formula is C15H17ClN2O4S. The Balaban J connectivity index is 1.88. The van der Waals surface area contributed by atoms with Crippen molar-refractivity contribution in [3.63, 3.8) is 0 Å². The molecule has 0 aliphatic rings. The smallest absolute Gasteiger partial charge is 0.238 e. The van der Waals surface area contributed by atoms with Crippen molar-refractivity contribution in [3.8, 4) is 0 Å². The zero-order valence-electron chi connectivity index (χ0n) is 12.5. The Morgan fingerprint density at radius 1 is 1.26 bits per heavy atom. The molecule has 0 bridgehead atoms. The monoisotopic (exact) mass is 356 g/mol. The molecule has 124 valence electrons. The minimum atomic E-state index is -3.64. The second kappa shape index (κ2) is 7.63. The third-order valence-corrected chi connectivity index (χ3v) is 4.71. The van der Waals surface area contributed by atoms with Gasteiger partial charge in [-0.1, -0.05) is 23.7 Å². The van der Waals surface area contributed by atoms with Crippen molar-refractivity contribution in [3.05, 3.63) is 59.0 Å². The van der Waals surface area contributed by atoms with E-state index in [0.717, 1.165) is 0 Å². The fraction of sp³-hybridized carbons (Fsp3) is 0.267. The molecule has 0 radical (unpaired) electrons. The number of sulfonamides is 1. The molecule has 0 aliphatic heterocycles. The molecule has 6 nitrogen and oxygen atoms in total. The summed E-state index contributed by atoms with van der Waals surface area (Å²) in [6.07, 6.45) is 1.50. The van der Waals surface area contributed by atoms with Gasteiger partial charge in [0, 0.05) is 5.02 Å². The Labute approximate surface area is 139 Å². The number of nitrogens with one attached hydrogen (secondary N) is 2. The van der Waals surface area contributed by atoms with E-state index in [1.54, 1.807) is 36.4 Å². The SMILES string of the molecule is C[C@@H](NS(=O)(=O)Cc1ccc(Cl)cc1)C(=O)NCc1ccco1. The standard InChI is InChI=1S/C15H17ClN2O4S/c1-11(15(19)17-9-14-3-2-8-22-14)18-23(20,21)10-12-4-6-13(16)7-5-12/h2-8,11,18H,9-10H2,1H3,(H,17,19)/t11-/m1/s1. The maximum atomic E-state index is 12.1. The van der Waals surface area contributed by atoms with E-state index < -0.39 is 22.0 Å². The van der Waals surface area contributed by atoms with Gasteiger partial charge in [0.2, 0.25) is 15.9 Å². The summed E-state index contributed by atoms with van der Waals surface area (Å²) >= 11 is 5.76. The predicted octanol–water partition coefficient (Wildman–Crippen LogP) is 2.06. The molecule has 1 aromatic carbocycles. The molecule has 1 amide bonds. The molecule has 0 spiro atoms. The summed E-state index contributed by atoms with van der Waals surface area (Å²) in [5.41, 5.74) is 0.588. The first kappa shape index (κ1) is 17.5. The van der Waals surface area contributed by atoms with E-state index in [1.807, 2.05) is 0 Å². The Hall–Kier alpha value is -1.83. The molecule has 8 heteroatoms. The van der Waals surface area contributed by atoms with Crippen LogP contribution >= 0.6 is 11.6 Å². The van der Waals surface area contributed by atoms with Gasteiger partial charge in [-0.05, 0) is 36.8 Å². The van der Waals surface area contributed by atoms with Crippen molar-refractivity contribution < 1.29 is 17.6 Å². The highest BCUT2D eigenvalue weighted by atomic mass is 35.5. The second-order valence-electron chi connectivity index (χ2n) is 5.02. The van der Waals surface area contributed by atoms with Gasteiger partial charge in [-0.15, -0.1) is 0 Å². The van der Waals surface area contributed by atoms with Gasteiger partial charge in [-0.3, -0.25) is 4.79 Å². The zero-order valence-corrected chi connectivity index (χ0v) is 14.0. The fourth-order valence-corrected chi connectivity index (χ4v) is 3.39. The number of carbonyl (C=O) groups excluding carboxylic acids is 1. The lowest BCUT2D eigenvalue weighted by molar-refractivity contribution is -0.122. The maximum Gasteiger partial charge on any atom is 0.238 e. The number of furan rings is 1. The minimum absolute atomic E-state index is 0.203. The molecule has 2 N–H and O–H groups in total. The van der Waals surface area contributed by atoms with Crippen LogP contribution in [0.5, 0.6) is 0 Å². The van der Waals surface area contributed by atoms with Crippen molar-refractivity contribution in [1.29, 1.82) is 0 Å². The van der Waals surface area contributed by atoms with Gasteiger partial charge in [0.15, 0.2) is 0 Å². The lowest BCUT2D eigenvalue weighted by Gasteiger charge is -2.14. The Morgan fingerprint density at radius 2 is 1.96 bits per heavy atom. The van der Waals surface area contributed by atoms with Gasteiger partial charge in [0.1, 0.15) is 5.76 Å². The molecular weight excluding hydrogens is 340 g/mol. The Morgan fingerprint density at radius 3 is 2.57 bits per heavy atom. The van der Waals surface area contributed by atoms with Crippen molar-refractivity contribution in [2.75, 3.05) is 0 Å². The van der Waals surface area contributed by atoms with Crippen molar-refractivity contribution in [2.45, 2.75) is 25.3 Å². The number of carbonyl (C=O) groups is 1. The van der Waals surface area contributed by atoms with Crippen LogP contribution in [0.25, 0.3) is 0 Å². The first-order valence-electron chi connectivity index (χ1n) is 6.90. The summed E-state index contributed by atoms with van der Waals surface area (Å²) in [5.74, 6) is -0.0596. The van der Waals surface area contributed by atoms with Gasteiger partial charge in [-0.25, -0.2) is 13.1 Å². The highest BCUT2D eigenvalue weighted by Crippen LogP contribution is 2.11. The van der Waals surface area contributed by atoms with Gasteiger partial charge < -0.3 is 9.73 Å². The molecule has 1 aromatic heterocycles. The molecule has 0 unspecified atom stereocenters. The summed E-state index contributed by atoms with van der Waals surface area (Å²) < 4.78 is 31.6. The molecule has 23 heavy (non-hydrogen) atoms. The van der Waals surface area contributed by atoms with Crippen molar-refractivity contribution in [1.82, 2.24) is 10.0 Å². The number of amides is 1. The number of halogens is 1. The quantitative estimate of drug-likeness (QED) is 0.794. The van der Waals surface area contributed by atoms with E-state index in [1.165, 1.54) is 13.2 Å². The molecule has 0 saturated heterocycles.